The molecule has 0 aliphatic rings. The van der Waals surface area contributed by atoms with E-state index in [1.54, 1.807) is 19.5 Å². The van der Waals surface area contributed by atoms with Gasteiger partial charge in [-0.2, -0.15) is 0 Å². The first kappa shape index (κ1) is 20.6. The second kappa shape index (κ2) is 9.11. The lowest BCUT2D eigenvalue weighted by atomic mass is 10.1. The van der Waals surface area contributed by atoms with Crippen LogP contribution in [0.5, 0.6) is 11.5 Å². The van der Waals surface area contributed by atoms with Gasteiger partial charge in [-0.25, -0.2) is 0 Å². The maximum atomic E-state index is 6.38. The minimum Gasteiger partial charge on any atom is -1.00 e. The molecule has 132 valence electrons. The number of pyridine rings is 1. The number of methoxy groups -OCH3 is 1. The smallest absolute Gasteiger partial charge is 0.180 e. The molecule has 0 aliphatic carbocycles. The summed E-state index contributed by atoms with van der Waals surface area (Å²) in [6.45, 7) is 7.47. The van der Waals surface area contributed by atoms with Gasteiger partial charge in [0, 0.05) is 30.0 Å². The van der Waals surface area contributed by atoms with Crippen molar-refractivity contribution in [3.05, 3.63) is 52.8 Å². The van der Waals surface area contributed by atoms with Gasteiger partial charge in [0.1, 0.15) is 6.61 Å². The van der Waals surface area contributed by atoms with Crippen LogP contribution in [0.2, 0.25) is 5.02 Å². The van der Waals surface area contributed by atoms with Crippen LogP contribution in [0.15, 0.2) is 36.7 Å². The normalized spacial score (nSPS) is 10.9. The average molecular weight is 370 g/mol. The second-order valence-electron chi connectivity index (χ2n) is 6.36. The first-order valence-corrected chi connectivity index (χ1v) is 7.90. The molecule has 2 aromatic rings. The first-order chi connectivity index (χ1) is 10.9. The summed E-state index contributed by atoms with van der Waals surface area (Å²) in [5.41, 5.74) is 2.06. The van der Waals surface area contributed by atoms with Crippen molar-refractivity contribution in [1.29, 1.82) is 0 Å². The van der Waals surface area contributed by atoms with Gasteiger partial charge in [0.25, 0.3) is 0 Å². The molecule has 1 aromatic carbocycles. The Kier molecular flexibility index (Phi) is 7.80. The lowest BCUT2D eigenvalue weighted by Gasteiger charge is -2.21. The Labute approximate surface area is 154 Å². The van der Waals surface area contributed by atoms with E-state index < -0.39 is 0 Å². The summed E-state index contributed by atoms with van der Waals surface area (Å²) >= 11 is 6.38. The SMILES string of the molecule is COc1cc(CNC(C)(C)C)cc(Cl)c1OCc1cccnc1.[Cl-]. The van der Waals surface area contributed by atoms with E-state index in [0.717, 1.165) is 11.1 Å². The van der Waals surface area contributed by atoms with Crippen LogP contribution < -0.4 is 27.2 Å². The monoisotopic (exact) mass is 369 g/mol. The van der Waals surface area contributed by atoms with Crippen LogP contribution in [0.1, 0.15) is 31.9 Å². The van der Waals surface area contributed by atoms with Crippen molar-refractivity contribution < 1.29 is 21.9 Å². The maximum Gasteiger partial charge on any atom is 0.180 e. The summed E-state index contributed by atoms with van der Waals surface area (Å²) < 4.78 is 11.3. The van der Waals surface area contributed by atoms with Gasteiger partial charge in [-0.1, -0.05) is 17.7 Å². The lowest BCUT2D eigenvalue weighted by Crippen LogP contribution is -3.00. The van der Waals surface area contributed by atoms with E-state index >= 15 is 0 Å². The van der Waals surface area contributed by atoms with E-state index in [1.807, 2.05) is 24.3 Å². The van der Waals surface area contributed by atoms with Crippen molar-refractivity contribution in [2.75, 3.05) is 7.11 Å². The van der Waals surface area contributed by atoms with Crippen molar-refractivity contribution in [2.45, 2.75) is 39.5 Å². The number of rotatable bonds is 6. The highest BCUT2D eigenvalue weighted by atomic mass is 35.5. The van der Waals surface area contributed by atoms with Crippen LogP contribution in [0.3, 0.4) is 0 Å². The molecule has 4 nitrogen and oxygen atoms in total. The summed E-state index contributed by atoms with van der Waals surface area (Å²) in [5.74, 6) is 1.18. The fourth-order valence-electron chi connectivity index (χ4n) is 2.02. The minimum atomic E-state index is 0. The molecular formula is C18H23Cl2N2O2-. The molecule has 0 radical (unpaired) electrons. The topological polar surface area (TPSA) is 43.4 Å². The standard InChI is InChI=1S/C18H23ClN2O2.ClH/c1-18(2,3)21-11-14-8-15(19)17(16(9-14)22-4)23-12-13-6-5-7-20-10-13;/h5-10,21H,11-12H2,1-4H3;1H/p-1. The third-order valence-corrected chi connectivity index (χ3v) is 3.50. The number of aromatic nitrogens is 1. The van der Waals surface area contributed by atoms with Crippen LogP contribution in [0, 0.1) is 0 Å². The molecule has 0 fully saturated rings. The number of ether oxygens (including phenoxy) is 2. The Morgan fingerprint density at radius 1 is 1.21 bits per heavy atom. The molecule has 0 aliphatic heterocycles. The molecule has 6 heteroatoms. The van der Waals surface area contributed by atoms with Gasteiger partial charge in [-0.05, 0) is 44.5 Å². The Hall–Kier alpha value is -1.49. The first-order valence-electron chi connectivity index (χ1n) is 7.52. The van der Waals surface area contributed by atoms with E-state index in [4.69, 9.17) is 21.1 Å². The fraction of sp³-hybridized carbons (Fsp3) is 0.389. The molecule has 0 amide bonds. The molecular weight excluding hydrogens is 347 g/mol. The number of halogens is 2. The van der Waals surface area contributed by atoms with Crippen molar-refractivity contribution in [2.24, 2.45) is 0 Å². The maximum absolute atomic E-state index is 6.38. The van der Waals surface area contributed by atoms with Crippen LogP contribution in [0.4, 0.5) is 0 Å². The summed E-state index contributed by atoms with van der Waals surface area (Å²) in [5, 5.41) is 3.97. The summed E-state index contributed by atoms with van der Waals surface area (Å²) in [7, 11) is 1.61. The highest BCUT2D eigenvalue weighted by Gasteiger charge is 2.14. The average Bonchev–Trinajstić information content (AvgIpc) is 2.51. The number of benzene rings is 1. The van der Waals surface area contributed by atoms with Gasteiger partial charge in [0.15, 0.2) is 11.5 Å². The predicted octanol–water partition coefficient (Wildman–Crippen LogP) is 1.21. The third-order valence-electron chi connectivity index (χ3n) is 3.22. The Balaban J connectivity index is 0.00000288. The summed E-state index contributed by atoms with van der Waals surface area (Å²) in [6.07, 6.45) is 3.50. The van der Waals surface area contributed by atoms with Crippen molar-refractivity contribution in [3.8, 4) is 11.5 Å². The van der Waals surface area contributed by atoms with E-state index in [9.17, 15) is 0 Å². The highest BCUT2D eigenvalue weighted by molar-refractivity contribution is 6.32. The van der Waals surface area contributed by atoms with Crippen molar-refractivity contribution in [3.63, 3.8) is 0 Å². The molecule has 1 heterocycles. The molecule has 1 aromatic heterocycles. The van der Waals surface area contributed by atoms with Gasteiger partial charge in [-0.3, -0.25) is 4.98 Å². The Morgan fingerprint density at radius 2 is 1.96 bits per heavy atom. The second-order valence-corrected chi connectivity index (χ2v) is 6.77. The molecule has 0 saturated heterocycles. The molecule has 0 atom stereocenters. The molecule has 0 unspecified atom stereocenters. The molecule has 1 N–H and O–H groups in total. The largest absolute Gasteiger partial charge is 1.00 e. The summed E-state index contributed by atoms with van der Waals surface area (Å²) in [4.78, 5) is 4.07. The zero-order valence-electron chi connectivity index (χ0n) is 14.4. The van der Waals surface area contributed by atoms with Gasteiger partial charge in [-0.15, -0.1) is 0 Å². The molecule has 0 spiro atoms. The van der Waals surface area contributed by atoms with E-state index in [0.29, 0.717) is 29.7 Å². The molecule has 0 saturated carbocycles. The minimum absolute atomic E-state index is 0. The molecule has 2 rings (SSSR count). The number of nitrogens with zero attached hydrogens (tertiary/aromatic N) is 1. The van der Waals surface area contributed by atoms with Gasteiger partial charge in [0.05, 0.1) is 12.1 Å². The highest BCUT2D eigenvalue weighted by Crippen LogP contribution is 2.37. The number of nitrogens with one attached hydrogen (secondary N) is 1. The lowest BCUT2D eigenvalue weighted by molar-refractivity contribution is -0.00000599. The Bertz CT molecular complexity index is 643. The van der Waals surface area contributed by atoms with Crippen LogP contribution in [-0.4, -0.2) is 17.6 Å². The van der Waals surface area contributed by atoms with E-state index in [1.165, 1.54) is 0 Å². The van der Waals surface area contributed by atoms with Crippen molar-refractivity contribution in [1.82, 2.24) is 10.3 Å². The van der Waals surface area contributed by atoms with E-state index in [2.05, 4.69) is 31.1 Å². The van der Waals surface area contributed by atoms with Gasteiger partial charge < -0.3 is 27.2 Å². The molecule has 0 bridgehead atoms. The predicted molar refractivity (Wildman–Crippen MR) is 93.2 cm³/mol. The van der Waals surface area contributed by atoms with E-state index in [-0.39, 0.29) is 17.9 Å². The van der Waals surface area contributed by atoms with Crippen LogP contribution in [-0.2, 0) is 13.2 Å². The quantitative estimate of drug-likeness (QED) is 0.831. The zero-order chi connectivity index (χ0) is 16.9. The van der Waals surface area contributed by atoms with Gasteiger partial charge >= 0.3 is 0 Å². The van der Waals surface area contributed by atoms with Crippen LogP contribution in [0.25, 0.3) is 0 Å². The van der Waals surface area contributed by atoms with Crippen molar-refractivity contribution >= 4 is 11.6 Å². The summed E-state index contributed by atoms with van der Waals surface area (Å²) in [6, 6.07) is 7.68. The number of hydrogen-bond donors (Lipinski definition) is 1. The fourth-order valence-corrected chi connectivity index (χ4v) is 2.31. The Morgan fingerprint density at radius 3 is 2.54 bits per heavy atom. The third kappa shape index (κ3) is 6.19. The number of hydrogen-bond acceptors (Lipinski definition) is 4. The zero-order valence-corrected chi connectivity index (χ0v) is 15.9. The van der Waals surface area contributed by atoms with Crippen LogP contribution >= 0.6 is 11.6 Å². The van der Waals surface area contributed by atoms with Gasteiger partial charge in [0.2, 0.25) is 0 Å². The molecule has 24 heavy (non-hydrogen) atoms.